The zero-order valence-corrected chi connectivity index (χ0v) is 19.2. The van der Waals surface area contributed by atoms with Gasteiger partial charge in [-0.3, -0.25) is 4.79 Å². The second kappa shape index (κ2) is 9.31. The summed E-state index contributed by atoms with van der Waals surface area (Å²) in [6.07, 6.45) is 6.27. The van der Waals surface area contributed by atoms with Crippen LogP contribution in [0.15, 0.2) is 59.5 Å². The van der Waals surface area contributed by atoms with Crippen LogP contribution in [0.5, 0.6) is 0 Å². The van der Waals surface area contributed by atoms with Crippen LogP contribution in [0.2, 0.25) is 5.02 Å². The first-order valence-corrected chi connectivity index (χ1v) is 12.9. The monoisotopic (exact) mass is 460 g/mol. The van der Waals surface area contributed by atoms with Crippen molar-refractivity contribution in [1.82, 2.24) is 9.62 Å². The van der Waals surface area contributed by atoms with E-state index in [1.54, 1.807) is 30.3 Å². The third-order valence-corrected chi connectivity index (χ3v) is 8.77. The summed E-state index contributed by atoms with van der Waals surface area (Å²) >= 11 is 6.08. The first-order valence-electron chi connectivity index (χ1n) is 11.0. The topological polar surface area (TPSA) is 66.5 Å². The first-order chi connectivity index (χ1) is 14.9. The van der Waals surface area contributed by atoms with Gasteiger partial charge in [-0.05, 0) is 55.5 Å². The summed E-state index contributed by atoms with van der Waals surface area (Å²) in [5, 5.41) is 3.87. The third-order valence-electron chi connectivity index (χ3n) is 6.64. The maximum atomic E-state index is 13.6. The second-order valence-electron chi connectivity index (χ2n) is 8.64. The number of hydrogen-bond donors (Lipinski definition) is 1. The van der Waals surface area contributed by atoms with Crippen molar-refractivity contribution in [3.8, 4) is 0 Å². The number of nitrogens with one attached hydrogen (secondary N) is 1. The Labute approximate surface area is 189 Å². The number of hydrogen-bond acceptors (Lipinski definition) is 3. The fourth-order valence-corrected chi connectivity index (χ4v) is 6.59. The zero-order chi connectivity index (χ0) is 21.9. The highest BCUT2D eigenvalue weighted by molar-refractivity contribution is 7.89. The molecule has 1 saturated heterocycles. The van der Waals surface area contributed by atoms with E-state index in [4.69, 9.17) is 11.6 Å². The van der Waals surface area contributed by atoms with Gasteiger partial charge in [-0.1, -0.05) is 61.2 Å². The van der Waals surface area contributed by atoms with E-state index < -0.39 is 15.4 Å². The van der Waals surface area contributed by atoms with Gasteiger partial charge in [0.25, 0.3) is 0 Å². The van der Waals surface area contributed by atoms with E-state index in [-0.39, 0.29) is 11.9 Å². The maximum Gasteiger partial charge on any atom is 0.243 e. The number of amides is 1. The average Bonchev–Trinajstić information content (AvgIpc) is 2.80. The molecule has 5 nitrogen and oxygen atoms in total. The fourth-order valence-electron chi connectivity index (χ4n) is 4.91. The first kappa shape index (κ1) is 22.3. The molecule has 2 aromatic rings. The van der Waals surface area contributed by atoms with Gasteiger partial charge < -0.3 is 5.32 Å². The van der Waals surface area contributed by atoms with E-state index in [0.717, 1.165) is 50.5 Å². The Morgan fingerprint density at radius 3 is 2.32 bits per heavy atom. The smallest absolute Gasteiger partial charge is 0.243 e. The molecule has 1 aliphatic carbocycles. The molecule has 0 spiro atoms. The number of benzene rings is 2. The summed E-state index contributed by atoms with van der Waals surface area (Å²) in [5.41, 5.74) is 0.433. The van der Waals surface area contributed by atoms with Crippen molar-refractivity contribution in [2.24, 2.45) is 0 Å². The minimum atomic E-state index is -3.56. The highest BCUT2D eigenvalue weighted by Crippen LogP contribution is 2.40. The molecule has 1 N–H and O–H groups in total. The molecule has 2 aliphatic rings. The van der Waals surface area contributed by atoms with Crippen molar-refractivity contribution >= 4 is 27.5 Å². The largest absolute Gasteiger partial charge is 0.351 e. The van der Waals surface area contributed by atoms with Crippen LogP contribution in [-0.2, 0) is 20.2 Å². The molecule has 166 valence electrons. The van der Waals surface area contributed by atoms with Crippen LogP contribution in [0.3, 0.4) is 0 Å². The molecule has 4 rings (SSSR count). The minimum Gasteiger partial charge on any atom is -0.351 e. The Morgan fingerprint density at radius 1 is 0.968 bits per heavy atom. The molecule has 0 aromatic heterocycles. The van der Waals surface area contributed by atoms with Crippen LogP contribution in [0.1, 0.15) is 50.5 Å². The molecule has 1 atom stereocenters. The van der Waals surface area contributed by atoms with Crippen LogP contribution >= 0.6 is 11.6 Å². The molecule has 2 fully saturated rings. The molecule has 2 aromatic carbocycles. The van der Waals surface area contributed by atoms with Gasteiger partial charge in [-0.15, -0.1) is 0 Å². The van der Waals surface area contributed by atoms with Crippen molar-refractivity contribution in [3.05, 3.63) is 65.2 Å². The summed E-state index contributed by atoms with van der Waals surface area (Å²) in [5.74, 6) is 0.0125. The van der Waals surface area contributed by atoms with E-state index in [2.05, 4.69) is 5.32 Å². The Hall–Kier alpha value is -1.89. The number of carbonyl (C=O) groups is 1. The number of rotatable bonds is 5. The summed E-state index contributed by atoms with van der Waals surface area (Å²) in [6, 6.07) is 15.9. The Kier molecular flexibility index (Phi) is 6.70. The van der Waals surface area contributed by atoms with E-state index >= 15 is 0 Å². The van der Waals surface area contributed by atoms with Crippen molar-refractivity contribution < 1.29 is 13.2 Å². The molecular weight excluding hydrogens is 432 g/mol. The van der Waals surface area contributed by atoms with Gasteiger partial charge in [0, 0.05) is 24.2 Å². The molecular formula is C24H29ClN2O3S. The molecule has 1 unspecified atom stereocenters. The quantitative estimate of drug-likeness (QED) is 0.713. The molecule has 1 aliphatic heterocycles. The normalized spacial score (nSPS) is 22.0. The van der Waals surface area contributed by atoms with E-state index in [1.807, 2.05) is 24.3 Å². The molecule has 0 radical (unpaired) electrons. The van der Waals surface area contributed by atoms with E-state index in [1.165, 1.54) is 4.31 Å². The molecule has 31 heavy (non-hydrogen) atoms. The highest BCUT2D eigenvalue weighted by Gasteiger charge is 2.42. The zero-order valence-electron chi connectivity index (χ0n) is 17.6. The van der Waals surface area contributed by atoms with Gasteiger partial charge in [0.2, 0.25) is 15.9 Å². The molecule has 1 saturated carbocycles. The molecule has 1 heterocycles. The Balaban J connectivity index is 1.52. The Bertz CT molecular complexity index is 1000. The summed E-state index contributed by atoms with van der Waals surface area (Å²) < 4.78 is 27.6. The van der Waals surface area contributed by atoms with Crippen LogP contribution in [-0.4, -0.2) is 37.8 Å². The van der Waals surface area contributed by atoms with Crippen molar-refractivity contribution in [2.45, 2.75) is 61.3 Å². The van der Waals surface area contributed by atoms with Gasteiger partial charge >= 0.3 is 0 Å². The summed E-state index contributed by atoms with van der Waals surface area (Å²) in [6.45, 7) is 0.783. The molecule has 0 bridgehead atoms. The van der Waals surface area contributed by atoms with Crippen molar-refractivity contribution in [3.63, 3.8) is 0 Å². The van der Waals surface area contributed by atoms with E-state index in [0.29, 0.717) is 23.0 Å². The number of piperidine rings is 1. The second-order valence-corrected chi connectivity index (χ2v) is 11.0. The number of halogens is 1. The van der Waals surface area contributed by atoms with Gasteiger partial charge in [-0.2, -0.15) is 4.31 Å². The predicted octanol–water partition coefficient (Wildman–Crippen LogP) is 4.51. The number of nitrogens with zero attached hydrogens (tertiary/aromatic N) is 1. The summed E-state index contributed by atoms with van der Waals surface area (Å²) in [4.78, 5) is 13.9. The highest BCUT2D eigenvalue weighted by atomic mass is 35.5. The standard InChI is InChI=1S/C24H29ClN2O3S/c25-20-13-11-19(12-14-20)24(15-5-2-6-16-24)23(28)26-21-8-7-17-27(18-21)31(29,30)22-9-3-1-4-10-22/h1,3-4,9-14,21H,2,5-8,15-18H2,(H,26,28). The number of carbonyl (C=O) groups excluding carboxylic acids is 1. The number of sulfonamides is 1. The fraction of sp³-hybridized carbons (Fsp3) is 0.458. The lowest BCUT2D eigenvalue weighted by Gasteiger charge is -2.39. The lowest BCUT2D eigenvalue weighted by atomic mass is 9.68. The minimum absolute atomic E-state index is 0.0125. The molecule has 7 heteroatoms. The average molecular weight is 461 g/mol. The summed E-state index contributed by atoms with van der Waals surface area (Å²) in [7, 11) is -3.56. The van der Waals surface area contributed by atoms with Gasteiger partial charge in [0.15, 0.2) is 0 Å². The van der Waals surface area contributed by atoms with Gasteiger partial charge in [0.05, 0.1) is 10.3 Å². The molecule has 1 amide bonds. The van der Waals surface area contributed by atoms with Crippen molar-refractivity contribution in [2.75, 3.05) is 13.1 Å². The van der Waals surface area contributed by atoms with Crippen molar-refractivity contribution in [1.29, 1.82) is 0 Å². The van der Waals surface area contributed by atoms with Gasteiger partial charge in [0.1, 0.15) is 0 Å². The third kappa shape index (κ3) is 4.66. The van der Waals surface area contributed by atoms with Crippen LogP contribution in [0.4, 0.5) is 0 Å². The van der Waals surface area contributed by atoms with Gasteiger partial charge in [-0.25, -0.2) is 8.42 Å². The predicted molar refractivity (Wildman–Crippen MR) is 123 cm³/mol. The van der Waals surface area contributed by atoms with Crippen LogP contribution in [0.25, 0.3) is 0 Å². The van der Waals surface area contributed by atoms with E-state index in [9.17, 15) is 13.2 Å². The Morgan fingerprint density at radius 2 is 1.65 bits per heavy atom. The maximum absolute atomic E-state index is 13.6. The van der Waals surface area contributed by atoms with Crippen LogP contribution in [0, 0.1) is 0 Å². The lowest BCUT2D eigenvalue weighted by Crippen LogP contribution is -2.54. The van der Waals surface area contributed by atoms with Crippen LogP contribution < -0.4 is 5.32 Å². The lowest BCUT2D eigenvalue weighted by molar-refractivity contribution is -0.129. The SMILES string of the molecule is O=C(NC1CCCN(S(=O)(=O)c2ccccc2)C1)C1(c2ccc(Cl)cc2)CCCCC1.